The van der Waals surface area contributed by atoms with Crippen LogP contribution in [0.25, 0.3) is 10.2 Å². The van der Waals surface area contributed by atoms with Gasteiger partial charge in [0.1, 0.15) is 0 Å². The van der Waals surface area contributed by atoms with Gasteiger partial charge in [0, 0.05) is 43.4 Å². The van der Waals surface area contributed by atoms with E-state index in [2.05, 4.69) is 29.2 Å². The van der Waals surface area contributed by atoms with Crippen molar-refractivity contribution in [2.45, 2.75) is 25.5 Å². The second-order valence-electron chi connectivity index (χ2n) is 7.53. The second-order valence-corrected chi connectivity index (χ2v) is 10.0. The van der Waals surface area contributed by atoms with Gasteiger partial charge >= 0.3 is 0 Å². The predicted octanol–water partition coefficient (Wildman–Crippen LogP) is 5.62. The van der Waals surface area contributed by atoms with Crippen molar-refractivity contribution in [3.8, 4) is 0 Å². The molecule has 1 aliphatic rings. The molecule has 0 N–H and O–H groups in total. The Hall–Kier alpha value is -1.76. The molecule has 0 radical (unpaired) electrons. The van der Waals surface area contributed by atoms with Crippen LogP contribution in [0.3, 0.4) is 0 Å². The number of fused-ring (bicyclic) bond motifs is 1. The van der Waals surface area contributed by atoms with Crippen molar-refractivity contribution in [3.63, 3.8) is 0 Å². The number of thioether (sulfide) groups is 1. The fraction of sp³-hybridized carbons (Fsp3) is 0.391. The summed E-state index contributed by atoms with van der Waals surface area (Å²) in [7, 11) is 0. The molecule has 1 aromatic heterocycles. The molecule has 2 aromatic carbocycles. The lowest BCUT2D eigenvalue weighted by Gasteiger charge is -2.34. The van der Waals surface area contributed by atoms with Crippen LogP contribution in [0, 0.1) is 6.92 Å². The van der Waals surface area contributed by atoms with Crippen molar-refractivity contribution in [3.05, 3.63) is 58.6 Å². The van der Waals surface area contributed by atoms with Crippen LogP contribution in [0.15, 0.2) is 42.5 Å². The zero-order chi connectivity index (χ0) is 20.9. The van der Waals surface area contributed by atoms with E-state index in [-0.39, 0.29) is 5.91 Å². The molecule has 0 saturated carbocycles. The lowest BCUT2D eigenvalue weighted by molar-refractivity contribution is -0.131. The number of amides is 1. The Balaban J connectivity index is 1.21. The van der Waals surface area contributed by atoms with Crippen LogP contribution in [0.4, 0.5) is 5.13 Å². The highest BCUT2D eigenvalue weighted by molar-refractivity contribution is 7.98. The van der Waals surface area contributed by atoms with Gasteiger partial charge in [-0.3, -0.25) is 4.79 Å². The zero-order valence-corrected chi connectivity index (χ0v) is 19.5. The molecule has 1 fully saturated rings. The summed E-state index contributed by atoms with van der Waals surface area (Å²) < 4.78 is 1.17. The summed E-state index contributed by atoms with van der Waals surface area (Å²) in [4.78, 5) is 21.7. The summed E-state index contributed by atoms with van der Waals surface area (Å²) in [5.41, 5.74) is 3.38. The van der Waals surface area contributed by atoms with Gasteiger partial charge in [-0.2, -0.15) is 11.8 Å². The molecule has 0 spiro atoms. The molecule has 30 heavy (non-hydrogen) atoms. The van der Waals surface area contributed by atoms with Gasteiger partial charge in [0.25, 0.3) is 0 Å². The maximum absolute atomic E-state index is 12.6. The first-order valence-electron chi connectivity index (χ1n) is 10.3. The number of hydrogen-bond acceptors (Lipinski definition) is 5. The Morgan fingerprint density at radius 2 is 1.90 bits per heavy atom. The first-order valence-corrected chi connectivity index (χ1v) is 12.7. The minimum Gasteiger partial charge on any atom is -0.345 e. The van der Waals surface area contributed by atoms with Crippen molar-refractivity contribution in [2.24, 2.45) is 0 Å². The summed E-state index contributed by atoms with van der Waals surface area (Å²) in [6.45, 7) is 5.22. The second kappa shape index (κ2) is 10.0. The summed E-state index contributed by atoms with van der Waals surface area (Å²) in [6, 6.07) is 14.5. The quantitative estimate of drug-likeness (QED) is 0.429. The number of thiazole rings is 1. The minimum atomic E-state index is 0.280. The van der Waals surface area contributed by atoms with E-state index < -0.39 is 0 Å². The fourth-order valence-corrected chi connectivity index (χ4v) is 5.77. The van der Waals surface area contributed by atoms with Gasteiger partial charge in [-0.15, -0.1) is 0 Å². The predicted molar refractivity (Wildman–Crippen MR) is 130 cm³/mol. The third-order valence-corrected chi connectivity index (χ3v) is 8.04. The van der Waals surface area contributed by atoms with Crippen LogP contribution in [0.5, 0.6) is 0 Å². The Bertz CT molecular complexity index is 1000. The van der Waals surface area contributed by atoms with E-state index >= 15 is 0 Å². The van der Waals surface area contributed by atoms with Gasteiger partial charge in [-0.05, 0) is 42.4 Å². The zero-order valence-electron chi connectivity index (χ0n) is 17.1. The number of nitrogens with zero attached hydrogens (tertiary/aromatic N) is 3. The van der Waals surface area contributed by atoms with E-state index in [1.54, 1.807) is 11.3 Å². The average Bonchev–Trinajstić information content (AvgIpc) is 3.22. The lowest BCUT2D eigenvalue weighted by Crippen LogP contribution is -2.48. The molecule has 1 aliphatic heterocycles. The lowest BCUT2D eigenvalue weighted by atomic mass is 10.2. The molecule has 0 atom stereocenters. The van der Waals surface area contributed by atoms with Gasteiger partial charge in [0.15, 0.2) is 5.13 Å². The Kier molecular flexibility index (Phi) is 7.18. The molecule has 4 nitrogen and oxygen atoms in total. The van der Waals surface area contributed by atoms with E-state index in [4.69, 9.17) is 16.6 Å². The first kappa shape index (κ1) is 21.5. The van der Waals surface area contributed by atoms with E-state index in [1.165, 1.54) is 10.3 Å². The van der Waals surface area contributed by atoms with E-state index in [1.807, 2.05) is 41.8 Å². The number of halogens is 1. The molecular formula is C23H26ClN3OS2. The number of aromatic nitrogens is 1. The van der Waals surface area contributed by atoms with E-state index in [0.29, 0.717) is 6.42 Å². The highest BCUT2D eigenvalue weighted by atomic mass is 35.5. The molecule has 158 valence electrons. The highest BCUT2D eigenvalue weighted by Gasteiger charge is 2.23. The number of hydrogen-bond donors (Lipinski definition) is 0. The Morgan fingerprint density at radius 3 is 2.67 bits per heavy atom. The Labute approximate surface area is 191 Å². The average molecular weight is 460 g/mol. The van der Waals surface area contributed by atoms with Gasteiger partial charge in [0.2, 0.25) is 5.91 Å². The first-order chi connectivity index (χ1) is 14.6. The normalized spacial score (nSPS) is 14.5. The van der Waals surface area contributed by atoms with E-state index in [9.17, 15) is 4.79 Å². The standard InChI is InChI=1S/C23H26ClN3OS2/c1-17-19(24)9-10-20-22(17)25-23(30-20)27-13-11-26(12-14-27)21(28)8-5-15-29-16-18-6-3-2-4-7-18/h2-4,6-7,9-10H,5,8,11-16H2,1H3. The number of rotatable bonds is 7. The number of aryl methyl sites for hydroxylation is 1. The molecule has 3 aromatic rings. The third-order valence-electron chi connectivity index (χ3n) is 5.43. The molecule has 1 saturated heterocycles. The van der Waals surface area contributed by atoms with Crippen LogP contribution in [-0.4, -0.2) is 47.7 Å². The SMILES string of the molecule is Cc1c(Cl)ccc2sc(N3CCN(C(=O)CCCSCc4ccccc4)CC3)nc12. The molecule has 7 heteroatoms. The monoisotopic (exact) mass is 459 g/mol. The van der Waals surface area contributed by atoms with Crippen LogP contribution in [0.2, 0.25) is 5.02 Å². The fourth-order valence-electron chi connectivity index (χ4n) is 3.62. The van der Waals surface area contributed by atoms with Crippen molar-refractivity contribution in [1.29, 1.82) is 0 Å². The van der Waals surface area contributed by atoms with Crippen molar-refractivity contribution in [1.82, 2.24) is 9.88 Å². The maximum atomic E-state index is 12.6. The van der Waals surface area contributed by atoms with Gasteiger partial charge < -0.3 is 9.80 Å². The molecule has 0 unspecified atom stereocenters. The van der Waals surface area contributed by atoms with Crippen molar-refractivity contribution >= 4 is 56.0 Å². The summed E-state index contributed by atoms with van der Waals surface area (Å²) in [5.74, 6) is 2.32. The van der Waals surface area contributed by atoms with Crippen LogP contribution >= 0.6 is 34.7 Å². The van der Waals surface area contributed by atoms with Crippen molar-refractivity contribution in [2.75, 3.05) is 36.8 Å². The molecule has 0 aliphatic carbocycles. The molecule has 1 amide bonds. The van der Waals surface area contributed by atoms with Gasteiger partial charge in [-0.25, -0.2) is 4.98 Å². The molecular weight excluding hydrogens is 434 g/mol. The summed E-state index contributed by atoms with van der Waals surface area (Å²) in [6.07, 6.45) is 1.58. The summed E-state index contributed by atoms with van der Waals surface area (Å²) >= 11 is 9.84. The van der Waals surface area contributed by atoms with Crippen LogP contribution in [-0.2, 0) is 10.5 Å². The number of carbonyl (C=O) groups is 1. The minimum absolute atomic E-state index is 0.280. The van der Waals surface area contributed by atoms with Crippen LogP contribution in [0.1, 0.15) is 24.0 Å². The number of anilines is 1. The number of carbonyl (C=O) groups excluding carboxylic acids is 1. The van der Waals surface area contributed by atoms with Gasteiger partial charge in [0.05, 0.1) is 10.2 Å². The molecule has 4 rings (SSSR count). The Morgan fingerprint density at radius 1 is 1.13 bits per heavy atom. The van der Waals surface area contributed by atoms with Gasteiger partial charge in [-0.1, -0.05) is 53.3 Å². The largest absolute Gasteiger partial charge is 0.345 e. The number of benzene rings is 2. The topological polar surface area (TPSA) is 36.4 Å². The van der Waals surface area contributed by atoms with Crippen molar-refractivity contribution < 1.29 is 4.79 Å². The smallest absolute Gasteiger partial charge is 0.222 e. The summed E-state index contributed by atoms with van der Waals surface area (Å²) in [5, 5.41) is 1.79. The van der Waals surface area contributed by atoms with Crippen LogP contribution < -0.4 is 4.90 Å². The highest BCUT2D eigenvalue weighted by Crippen LogP contribution is 2.33. The molecule has 2 heterocycles. The molecule has 0 bridgehead atoms. The maximum Gasteiger partial charge on any atom is 0.222 e. The van der Waals surface area contributed by atoms with E-state index in [0.717, 1.165) is 65.3 Å². The number of piperazine rings is 1. The third kappa shape index (κ3) is 5.10.